The van der Waals surface area contributed by atoms with Crippen molar-refractivity contribution in [3.8, 4) is 11.3 Å². The summed E-state index contributed by atoms with van der Waals surface area (Å²) in [6, 6.07) is 15.2. The maximum Gasteiger partial charge on any atom is 0.248 e. The molecule has 0 atom stereocenters. The number of anilines is 2. The summed E-state index contributed by atoms with van der Waals surface area (Å²) in [6.45, 7) is 4.38. The van der Waals surface area contributed by atoms with Crippen LogP contribution >= 0.6 is 0 Å². The van der Waals surface area contributed by atoms with Crippen LogP contribution in [0.25, 0.3) is 17.3 Å². The van der Waals surface area contributed by atoms with Crippen LogP contribution in [0.4, 0.5) is 11.5 Å². The zero-order valence-electron chi connectivity index (χ0n) is 16.4. The van der Waals surface area contributed by atoms with E-state index in [1.54, 1.807) is 24.5 Å². The van der Waals surface area contributed by atoms with Gasteiger partial charge in [-0.1, -0.05) is 19.1 Å². The number of hydrogen-bond donors (Lipinski definition) is 1. The smallest absolute Gasteiger partial charge is 0.248 e. The van der Waals surface area contributed by atoms with E-state index in [0.717, 1.165) is 41.8 Å². The van der Waals surface area contributed by atoms with Crippen LogP contribution in [0.15, 0.2) is 65.3 Å². The molecule has 6 heteroatoms. The standard InChI is InChI=1S/C23H24N4O2/c1-17-12-14-27(15-13-17)22-10-9-21(25-26-22)18-4-6-19(7-5-18)24-23(28)11-8-20-3-2-16-29-20/h2-11,16-17H,12-15H2,1H3,(H,24,28)/b11-8+. The third kappa shape index (κ3) is 4.90. The molecule has 3 heterocycles. The summed E-state index contributed by atoms with van der Waals surface area (Å²) < 4.78 is 5.17. The van der Waals surface area contributed by atoms with Crippen LogP contribution in [0.1, 0.15) is 25.5 Å². The lowest BCUT2D eigenvalue weighted by Crippen LogP contribution is -2.33. The minimum atomic E-state index is -0.214. The molecular formula is C23H24N4O2. The topological polar surface area (TPSA) is 71.3 Å². The lowest BCUT2D eigenvalue weighted by molar-refractivity contribution is -0.111. The van der Waals surface area contributed by atoms with Gasteiger partial charge in [-0.05, 0) is 61.2 Å². The number of furan rings is 1. The Morgan fingerprint density at radius 3 is 2.55 bits per heavy atom. The van der Waals surface area contributed by atoms with Gasteiger partial charge in [0.05, 0.1) is 12.0 Å². The second kappa shape index (κ2) is 8.73. The highest BCUT2D eigenvalue weighted by atomic mass is 16.3. The summed E-state index contributed by atoms with van der Waals surface area (Å²) in [6.07, 6.45) is 7.04. The first-order valence-corrected chi connectivity index (χ1v) is 9.89. The summed E-state index contributed by atoms with van der Waals surface area (Å²) in [5, 5.41) is 11.6. The molecule has 1 saturated heterocycles. The summed E-state index contributed by atoms with van der Waals surface area (Å²) >= 11 is 0. The number of benzene rings is 1. The van der Waals surface area contributed by atoms with E-state index in [1.165, 1.54) is 18.9 Å². The third-order valence-corrected chi connectivity index (χ3v) is 5.15. The minimum absolute atomic E-state index is 0.214. The maximum atomic E-state index is 12.0. The average Bonchev–Trinajstić information content (AvgIpc) is 3.27. The normalized spacial score (nSPS) is 15.0. The van der Waals surface area contributed by atoms with Gasteiger partial charge in [0, 0.05) is 30.4 Å². The first kappa shape index (κ1) is 18.9. The average molecular weight is 388 g/mol. The number of aromatic nitrogens is 2. The van der Waals surface area contributed by atoms with Crippen molar-refractivity contribution >= 4 is 23.5 Å². The number of carbonyl (C=O) groups is 1. The predicted molar refractivity (Wildman–Crippen MR) is 114 cm³/mol. The molecule has 0 aliphatic carbocycles. The molecule has 2 aromatic heterocycles. The van der Waals surface area contributed by atoms with E-state index in [1.807, 2.05) is 36.4 Å². The van der Waals surface area contributed by atoms with Crippen LogP contribution in [0, 0.1) is 5.92 Å². The van der Waals surface area contributed by atoms with Gasteiger partial charge in [-0.3, -0.25) is 4.79 Å². The van der Waals surface area contributed by atoms with Crippen molar-refractivity contribution < 1.29 is 9.21 Å². The molecular weight excluding hydrogens is 364 g/mol. The summed E-state index contributed by atoms with van der Waals surface area (Å²) in [4.78, 5) is 14.3. The molecule has 1 amide bonds. The van der Waals surface area contributed by atoms with Gasteiger partial charge >= 0.3 is 0 Å². The Morgan fingerprint density at radius 1 is 1.10 bits per heavy atom. The van der Waals surface area contributed by atoms with E-state index >= 15 is 0 Å². The van der Waals surface area contributed by atoms with Crippen LogP contribution in [0.2, 0.25) is 0 Å². The van der Waals surface area contributed by atoms with E-state index in [0.29, 0.717) is 5.76 Å². The van der Waals surface area contributed by atoms with Gasteiger partial charge in [0.25, 0.3) is 0 Å². The number of rotatable bonds is 5. The summed E-state index contributed by atoms with van der Waals surface area (Å²) in [7, 11) is 0. The van der Waals surface area contributed by atoms with Gasteiger partial charge in [-0.25, -0.2) is 0 Å². The Kier molecular flexibility index (Phi) is 5.70. The molecule has 148 valence electrons. The number of carbonyl (C=O) groups excluding carboxylic acids is 1. The van der Waals surface area contributed by atoms with Crippen LogP contribution in [0.5, 0.6) is 0 Å². The monoisotopic (exact) mass is 388 g/mol. The number of nitrogens with zero attached hydrogens (tertiary/aromatic N) is 3. The highest BCUT2D eigenvalue weighted by molar-refractivity contribution is 6.01. The minimum Gasteiger partial charge on any atom is -0.465 e. The molecule has 6 nitrogen and oxygen atoms in total. The quantitative estimate of drug-likeness (QED) is 0.646. The van der Waals surface area contributed by atoms with Crippen LogP contribution in [0.3, 0.4) is 0 Å². The van der Waals surface area contributed by atoms with Gasteiger partial charge in [-0.15, -0.1) is 10.2 Å². The Hall–Kier alpha value is -3.41. The van der Waals surface area contributed by atoms with Crippen molar-refractivity contribution in [3.63, 3.8) is 0 Å². The van der Waals surface area contributed by atoms with E-state index in [4.69, 9.17) is 4.42 Å². The number of piperidine rings is 1. The van der Waals surface area contributed by atoms with Crippen LogP contribution in [-0.2, 0) is 4.79 Å². The predicted octanol–water partition coefficient (Wildman–Crippen LogP) is 4.62. The molecule has 4 rings (SSSR count). The second-order valence-corrected chi connectivity index (χ2v) is 7.36. The SMILES string of the molecule is CC1CCN(c2ccc(-c3ccc(NC(=O)/C=C/c4ccco4)cc3)nn2)CC1. The van der Waals surface area contributed by atoms with Gasteiger partial charge in [0.15, 0.2) is 5.82 Å². The maximum absolute atomic E-state index is 12.0. The van der Waals surface area contributed by atoms with Crippen LogP contribution < -0.4 is 10.2 Å². The molecule has 1 fully saturated rings. The molecule has 0 radical (unpaired) electrons. The fraction of sp³-hybridized carbons (Fsp3) is 0.261. The van der Waals surface area contributed by atoms with Gasteiger partial charge in [0.2, 0.25) is 5.91 Å². The van der Waals surface area contributed by atoms with E-state index < -0.39 is 0 Å². The largest absolute Gasteiger partial charge is 0.465 e. The van der Waals surface area contributed by atoms with Crippen molar-refractivity contribution in [2.24, 2.45) is 5.92 Å². The van der Waals surface area contributed by atoms with E-state index in [2.05, 4.69) is 27.3 Å². The second-order valence-electron chi connectivity index (χ2n) is 7.36. The lowest BCUT2D eigenvalue weighted by Gasteiger charge is -2.30. The molecule has 0 bridgehead atoms. The number of amides is 1. The van der Waals surface area contributed by atoms with Crippen molar-refractivity contribution in [3.05, 3.63) is 66.6 Å². The van der Waals surface area contributed by atoms with Gasteiger partial charge < -0.3 is 14.6 Å². The van der Waals surface area contributed by atoms with Crippen molar-refractivity contribution in [1.82, 2.24) is 10.2 Å². The fourth-order valence-corrected chi connectivity index (χ4v) is 3.34. The summed E-state index contributed by atoms with van der Waals surface area (Å²) in [5.41, 5.74) is 2.49. The molecule has 1 N–H and O–H groups in total. The number of nitrogens with one attached hydrogen (secondary N) is 1. The molecule has 0 saturated carbocycles. The van der Waals surface area contributed by atoms with E-state index in [-0.39, 0.29) is 5.91 Å². The molecule has 0 spiro atoms. The fourth-order valence-electron chi connectivity index (χ4n) is 3.34. The van der Waals surface area contributed by atoms with Gasteiger partial charge in [-0.2, -0.15) is 0 Å². The molecule has 0 unspecified atom stereocenters. The molecule has 29 heavy (non-hydrogen) atoms. The van der Waals surface area contributed by atoms with Crippen molar-refractivity contribution in [2.75, 3.05) is 23.3 Å². The first-order valence-electron chi connectivity index (χ1n) is 9.89. The highest BCUT2D eigenvalue weighted by Crippen LogP contribution is 2.23. The Balaban J connectivity index is 1.36. The Labute approximate surface area is 170 Å². The molecule has 1 aliphatic rings. The van der Waals surface area contributed by atoms with Crippen molar-refractivity contribution in [1.29, 1.82) is 0 Å². The molecule has 1 aliphatic heterocycles. The zero-order chi connectivity index (χ0) is 20.1. The third-order valence-electron chi connectivity index (χ3n) is 5.15. The van der Waals surface area contributed by atoms with Crippen molar-refractivity contribution in [2.45, 2.75) is 19.8 Å². The molecule has 3 aromatic rings. The Bertz CT molecular complexity index is 955. The number of hydrogen-bond acceptors (Lipinski definition) is 5. The zero-order valence-corrected chi connectivity index (χ0v) is 16.4. The Morgan fingerprint density at radius 2 is 1.90 bits per heavy atom. The molecule has 1 aromatic carbocycles. The highest BCUT2D eigenvalue weighted by Gasteiger charge is 2.17. The van der Waals surface area contributed by atoms with E-state index in [9.17, 15) is 4.79 Å². The van der Waals surface area contributed by atoms with Gasteiger partial charge in [0.1, 0.15) is 5.76 Å². The lowest BCUT2D eigenvalue weighted by atomic mass is 9.99. The van der Waals surface area contributed by atoms with Crippen LogP contribution in [-0.4, -0.2) is 29.2 Å². The first-order chi connectivity index (χ1) is 14.2. The summed E-state index contributed by atoms with van der Waals surface area (Å²) in [5.74, 6) is 2.15.